The van der Waals surface area contributed by atoms with Crippen LogP contribution < -0.4 is 10.2 Å². The van der Waals surface area contributed by atoms with Crippen molar-refractivity contribution < 1.29 is 19.4 Å². The number of thiocarbonyl (C=S) groups is 1. The van der Waals surface area contributed by atoms with Gasteiger partial charge in [0.05, 0.1) is 11.5 Å². The second-order valence-electron chi connectivity index (χ2n) is 5.63. The van der Waals surface area contributed by atoms with E-state index < -0.39 is 11.8 Å². The summed E-state index contributed by atoms with van der Waals surface area (Å²) >= 11 is 9.62. The Kier molecular flexibility index (Phi) is 6.38. The number of hydrogen-bond acceptors (Lipinski definition) is 6. The topological polar surface area (TPSA) is 78.9 Å². The number of hydrogen-bond donors (Lipinski definition) is 2. The van der Waals surface area contributed by atoms with Crippen LogP contribution in [-0.2, 0) is 4.79 Å². The van der Waals surface area contributed by atoms with Gasteiger partial charge >= 0.3 is 0 Å². The average Bonchev–Trinajstić information content (AvgIpc) is 2.92. The zero-order chi connectivity index (χ0) is 20.3. The smallest absolute Gasteiger partial charge is 0.285 e. The summed E-state index contributed by atoms with van der Waals surface area (Å²) in [6, 6.07) is 11.5. The molecule has 3 rings (SSSR count). The molecular formula is C19H15BrN2O4S2. The van der Waals surface area contributed by atoms with Crippen molar-refractivity contribution >= 4 is 62.1 Å². The fourth-order valence-corrected chi connectivity index (χ4v) is 3.82. The second kappa shape index (κ2) is 8.76. The van der Waals surface area contributed by atoms with Crippen molar-refractivity contribution in [3.05, 3.63) is 63.0 Å². The van der Waals surface area contributed by atoms with E-state index in [1.807, 2.05) is 6.92 Å². The molecule has 1 heterocycles. The van der Waals surface area contributed by atoms with E-state index in [0.29, 0.717) is 28.4 Å². The van der Waals surface area contributed by atoms with Gasteiger partial charge in [-0.2, -0.15) is 5.01 Å². The van der Waals surface area contributed by atoms with Crippen LogP contribution in [0.5, 0.6) is 11.5 Å². The number of phenols is 1. The van der Waals surface area contributed by atoms with Crippen molar-refractivity contribution in [1.29, 1.82) is 0 Å². The number of nitrogens with one attached hydrogen (secondary N) is 1. The van der Waals surface area contributed by atoms with Gasteiger partial charge in [0.2, 0.25) is 0 Å². The van der Waals surface area contributed by atoms with Crippen LogP contribution in [0.1, 0.15) is 22.8 Å². The van der Waals surface area contributed by atoms with E-state index in [9.17, 15) is 14.7 Å². The normalized spacial score (nSPS) is 15.2. The largest absolute Gasteiger partial charge is 0.504 e. The molecule has 1 fully saturated rings. The molecule has 2 aromatic rings. The highest BCUT2D eigenvalue weighted by molar-refractivity contribution is 9.10. The number of ether oxygens (including phenoxy) is 1. The number of halogens is 1. The molecule has 144 valence electrons. The monoisotopic (exact) mass is 478 g/mol. The molecule has 0 bridgehead atoms. The van der Waals surface area contributed by atoms with Gasteiger partial charge in [0.1, 0.15) is 0 Å². The molecule has 2 amide bonds. The molecule has 1 aliphatic heterocycles. The first-order chi connectivity index (χ1) is 13.4. The Labute approximate surface area is 179 Å². The fraction of sp³-hybridized carbons (Fsp3) is 0.105. The molecule has 0 unspecified atom stereocenters. The number of carbonyl (C=O) groups excluding carboxylic acids is 2. The summed E-state index contributed by atoms with van der Waals surface area (Å²) in [6.07, 6.45) is 1.63. The molecule has 1 aliphatic rings. The molecule has 0 radical (unpaired) electrons. The summed E-state index contributed by atoms with van der Waals surface area (Å²) < 4.78 is 6.43. The molecule has 1 saturated heterocycles. The maximum Gasteiger partial charge on any atom is 0.285 e. The van der Waals surface area contributed by atoms with Gasteiger partial charge in [-0.3, -0.25) is 15.0 Å². The van der Waals surface area contributed by atoms with Crippen LogP contribution in [0.15, 0.2) is 51.8 Å². The highest BCUT2D eigenvalue weighted by atomic mass is 79.9. The van der Waals surface area contributed by atoms with Crippen LogP contribution in [0.4, 0.5) is 0 Å². The Bertz CT molecular complexity index is 976. The molecule has 2 aromatic carbocycles. The van der Waals surface area contributed by atoms with Crippen molar-refractivity contribution in [2.24, 2.45) is 0 Å². The minimum atomic E-state index is -0.437. The lowest BCUT2D eigenvalue weighted by molar-refractivity contribution is -0.123. The van der Waals surface area contributed by atoms with Gasteiger partial charge in [-0.25, -0.2) is 0 Å². The minimum absolute atomic E-state index is 0.0216. The average molecular weight is 479 g/mol. The summed E-state index contributed by atoms with van der Waals surface area (Å²) in [5.74, 6) is -0.511. The Balaban J connectivity index is 1.77. The van der Waals surface area contributed by atoms with Crippen molar-refractivity contribution in [3.8, 4) is 11.5 Å². The molecule has 0 aliphatic carbocycles. The van der Waals surface area contributed by atoms with Crippen molar-refractivity contribution in [2.75, 3.05) is 6.61 Å². The summed E-state index contributed by atoms with van der Waals surface area (Å²) in [6.45, 7) is 2.21. The number of amides is 2. The van der Waals surface area contributed by atoms with Crippen LogP contribution in [0.25, 0.3) is 6.08 Å². The van der Waals surface area contributed by atoms with Crippen molar-refractivity contribution in [3.63, 3.8) is 0 Å². The number of thioether (sulfide) groups is 1. The predicted octanol–water partition coefficient (Wildman–Crippen LogP) is 4.10. The van der Waals surface area contributed by atoms with Gasteiger partial charge < -0.3 is 9.84 Å². The highest BCUT2D eigenvalue weighted by Crippen LogP contribution is 2.33. The lowest BCUT2D eigenvalue weighted by Crippen LogP contribution is -2.44. The van der Waals surface area contributed by atoms with Crippen molar-refractivity contribution in [1.82, 2.24) is 10.4 Å². The molecule has 6 nitrogen and oxygen atoms in total. The van der Waals surface area contributed by atoms with Gasteiger partial charge in [-0.05, 0) is 67.2 Å². The highest BCUT2D eigenvalue weighted by Gasteiger charge is 2.33. The lowest BCUT2D eigenvalue weighted by atomic mass is 10.2. The first-order valence-corrected chi connectivity index (χ1v) is 10.2. The van der Waals surface area contributed by atoms with Gasteiger partial charge in [0, 0.05) is 10.0 Å². The van der Waals surface area contributed by atoms with E-state index in [1.165, 1.54) is 6.07 Å². The number of nitrogens with zero attached hydrogens (tertiary/aromatic N) is 1. The molecule has 9 heteroatoms. The number of carbonyl (C=O) groups is 2. The summed E-state index contributed by atoms with van der Waals surface area (Å²) in [4.78, 5) is 25.4. The van der Waals surface area contributed by atoms with E-state index in [4.69, 9.17) is 17.0 Å². The number of rotatable bonds is 5. The third-order valence-corrected chi connectivity index (χ3v) is 5.53. The van der Waals surface area contributed by atoms with Gasteiger partial charge in [-0.15, -0.1) is 0 Å². The first kappa shape index (κ1) is 20.4. The van der Waals surface area contributed by atoms with E-state index >= 15 is 0 Å². The maximum absolute atomic E-state index is 12.7. The van der Waals surface area contributed by atoms with E-state index in [0.717, 1.165) is 21.2 Å². The van der Waals surface area contributed by atoms with E-state index in [2.05, 4.69) is 21.4 Å². The molecular weight excluding hydrogens is 464 g/mol. The second-order valence-corrected chi connectivity index (χ2v) is 8.22. The number of phenolic OH excluding ortho intramolecular Hbond substituents is 1. The van der Waals surface area contributed by atoms with Crippen LogP contribution in [0.3, 0.4) is 0 Å². The molecule has 0 saturated carbocycles. The Hall–Kier alpha value is -2.36. The SMILES string of the molecule is CCOc1cc(/C=C2\SC(=S)N(NC(=O)c3ccc(Br)cc3)C2=O)ccc1O. The van der Waals surface area contributed by atoms with E-state index in [1.54, 1.807) is 42.5 Å². The fourth-order valence-electron chi connectivity index (χ4n) is 2.37. The van der Waals surface area contributed by atoms with Gasteiger partial charge in [0.15, 0.2) is 15.8 Å². The first-order valence-electron chi connectivity index (χ1n) is 8.19. The minimum Gasteiger partial charge on any atom is -0.504 e. The standard InChI is InChI=1S/C19H15BrN2O4S2/c1-2-26-15-9-11(3-8-14(15)23)10-16-18(25)22(19(27)28-16)21-17(24)12-4-6-13(20)7-5-12/h3-10,23H,2H2,1H3,(H,21,24)/b16-10-. The number of aromatic hydroxyl groups is 1. The Morgan fingerprint density at radius 3 is 2.71 bits per heavy atom. The number of hydrazine groups is 1. The lowest BCUT2D eigenvalue weighted by Gasteiger charge is -2.15. The third-order valence-electron chi connectivity index (χ3n) is 3.69. The molecule has 2 N–H and O–H groups in total. The molecule has 28 heavy (non-hydrogen) atoms. The zero-order valence-corrected chi connectivity index (χ0v) is 17.9. The summed E-state index contributed by atoms with van der Waals surface area (Å²) in [7, 11) is 0. The Morgan fingerprint density at radius 1 is 1.32 bits per heavy atom. The van der Waals surface area contributed by atoms with Crippen molar-refractivity contribution in [2.45, 2.75) is 6.92 Å². The van der Waals surface area contributed by atoms with Crippen LogP contribution in [0.2, 0.25) is 0 Å². The Morgan fingerprint density at radius 2 is 2.04 bits per heavy atom. The van der Waals surface area contributed by atoms with Crippen LogP contribution in [-0.4, -0.2) is 32.9 Å². The molecule has 0 atom stereocenters. The number of benzene rings is 2. The summed E-state index contributed by atoms with van der Waals surface area (Å²) in [5, 5.41) is 10.8. The van der Waals surface area contributed by atoms with Crippen LogP contribution in [0, 0.1) is 0 Å². The molecule has 0 aromatic heterocycles. The predicted molar refractivity (Wildman–Crippen MR) is 116 cm³/mol. The maximum atomic E-state index is 12.7. The zero-order valence-electron chi connectivity index (χ0n) is 14.6. The quantitative estimate of drug-likeness (QED) is 0.497. The third kappa shape index (κ3) is 4.54. The van der Waals surface area contributed by atoms with Gasteiger partial charge in [0.25, 0.3) is 11.8 Å². The van der Waals surface area contributed by atoms with Gasteiger partial charge in [-0.1, -0.05) is 33.8 Å². The summed E-state index contributed by atoms with van der Waals surface area (Å²) in [5.41, 5.74) is 3.60. The van der Waals surface area contributed by atoms with Crippen LogP contribution >= 0.6 is 39.9 Å². The van der Waals surface area contributed by atoms with E-state index in [-0.39, 0.29) is 10.1 Å². The molecule has 0 spiro atoms.